The van der Waals surface area contributed by atoms with E-state index in [1.807, 2.05) is 18.2 Å². The zero-order chi connectivity index (χ0) is 15.9. The number of amides is 4. The van der Waals surface area contributed by atoms with E-state index in [1.54, 1.807) is 18.1 Å². The number of hydrogen-bond acceptors (Lipinski definition) is 4. The number of aromatic nitrogens is 1. The van der Waals surface area contributed by atoms with Crippen molar-refractivity contribution in [3.05, 3.63) is 30.1 Å². The largest absolute Gasteiger partial charge is 0.341 e. The lowest BCUT2D eigenvalue weighted by Crippen LogP contribution is -2.50. The molecule has 2 aliphatic heterocycles. The third kappa shape index (κ3) is 2.32. The molecule has 4 amide bonds. The van der Waals surface area contributed by atoms with Crippen molar-refractivity contribution in [3.63, 3.8) is 0 Å². The van der Waals surface area contributed by atoms with Gasteiger partial charge in [0, 0.05) is 45.0 Å². The molecule has 3 rings (SSSR count). The van der Waals surface area contributed by atoms with E-state index in [1.165, 1.54) is 11.9 Å². The normalized spacial score (nSPS) is 22.3. The van der Waals surface area contributed by atoms with Crippen LogP contribution >= 0.6 is 0 Å². The Morgan fingerprint density at radius 3 is 2.55 bits per heavy atom. The SMILES string of the molecule is CN1C(=O)[C@@H](CC(=O)N2CC(c3ccccn3)C2)N(C)C1=O. The Morgan fingerprint density at radius 2 is 2.00 bits per heavy atom. The lowest BCUT2D eigenvalue weighted by atomic mass is 9.95. The molecule has 0 unspecified atom stereocenters. The van der Waals surface area contributed by atoms with Crippen LogP contribution in [0.5, 0.6) is 0 Å². The van der Waals surface area contributed by atoms with Crippen LogP contribution in [0.1, 0.15) is 18.0 Å². The molecule has 1 atom stereocenters. The van der Waals surface area contributed by atoms with Gasteiger partial charge in [-0.3, -0.25) is 19.5 Å². The van der Waals surface area contributed by atoms with Gasteiger partial charge in [0.1, 0.15) is 6.04 Å². The number of carbonyl (C=O) groups excluding carboxylic acids is 3. The highest BCUT2D eigenvalue weighted by Gasteiger charge is 2.43. The smallest absolute Gasteiger partial charge is 0.326 e. The van der Waals surface area contributed by atoms with E-state index in [9.17, 15) is 14.4 Å². The Kier molecular flexibility index (Phi) is 3.56. The fourth-order valence-corrected chi connectivity index (χ4v) is 2.86. The zero-order valence-corrected chi connectivity index (χ0v) is 12.6. The van der Waals surface area contributed by atoms with E-state index < -0.39 is 6.04 Å². The molecule has 7 nitrogen and oxygen atoms in total. The first-order chi connectivity index (χ1) is 10.5. The molecule has 0 radical (unpaired) electrons. The van der Waals surface area contributed by atoms with Crippen LogP contribution in [0.4, 0.5) is 4.79 Å². The maximum atomic E-state index is 12.3. The van der Waals surface area contributed by atoms with Crippen molar-refractivity contribution in [3.8, 4) is 0 Å². The van der Waals surface area contributed by atoms with Crippen LogP contribution in [0.3, 0.4) is 0 Å². The average molecular weight is 302 g/mol. The Balaban J connectivity index is 1.56. The second-order valence-electron chi connectivity index (χ2n) is 5.76. The Hall–Kier alpha value is -2.44. The molecule has 2 aliphatic rings. The molecule has 0 aromatic carbocycles. The summed E-state index contributed by atoms with van der Waals surface area (Å²) in [5.41, 5.74) is 0.982. The topological polar surface area (TPSA) is 73.8 Å². The number of hydrogen-bond donors (Lipinski definition) is 0. The van der Waals surface area contributed by atoms with E-state index in [2.05, 4.69) is 4.98 Å². The fraction of sp³-hybridized carbons (Fsp3) is 0.467. The highest BCUT2D eigenvalue weighted by Crippen LogP contribution is 2.27. The van der Waals surface area contributed by atoms with Crippen molar-refractivity contribution in [2.75, 3.05) is 27.2 Å². The number of pyridine rings is 1. The van der Waals surface area contributed by atoms with Gasteiger partial charge in [-0.05, 0) is 12.1 Å². The lowest BCUT2D eigenvalue weighted by molar-refractivity contribution is -0.139. The Bertz CT molecular complexity index is 612. The third-order valence-corrected chi connectivity index (χ3v) is 4.38. The highest BCUT2D eigenvalue weighted by molar-refractivity contribution is 6.05. The van der Waals surface area contributed by atoms with Gasteiger partial charge in [0.15, 0.2) is 0 Å². The van der Waals surface area contributed by atoms with Gasteiger partial charge in [-0.2, -0.15) is 0 Å². The van der Waals surface area contributed by atoms with Gasteiger partial charge in [-0.25, -0.2) is 4.79 Å². The van der Waals surface area contributed by atoms with Crippen LogP contribution in [-0.4, -0.2) is 70.8 Å². The summed E-state index contributed by atoms with van der Waals surface area (Å²) in [6, 6.07) is 4.70. The molecule has 0 bridgehead atoms. The second kappa shape index (κ2) is 5.40. The quantitative estimate of drug-likeness (QED) is 0.752. The van der Waals surface area contributed by atoms with Crippen LogP contribution in [0.2, 0.25) is 0 Å². The van der Waals surface area contributed by atoms with Crippen LogP contribution in [0, 0.1) is 0 Å². The minimum absolute atomic E-state index is 0.0420. The summed E-state index contributed by atoms with van der Waals surface area (Å²) in [7, 11) is 2.99. The van der Waals surface area contributed by atoms with Crippen molar-refractivity contribution >= 4 is 17.8 Å². The number of likely N-dealkylation sites (tertiary alicyclic amines) is 1. The minimum Gasteiger partial charge on any atom is -0.341 e. The molecule has 1 aromatic heterocycles. The first-order valence-corrected chi connectivity index (χ1v) is 7.22. The first kappa shape index (κ1) is 14.5. The van der Waals surface area contributed by atoms with Crippen molar-refractivity contribution in [2.24, 2.45) is 0 Å². The van der Waals surface area contributed by atoms with Crippen molar-refractivity contribution in [1.82, 2.24) is 19.7 Å². The number of carbonyl (C=O) groups is 3. The molecule has 116 valence electrons. The predicted molar refractivity (Wildman–Crippen MR) is 77.9 cm³/mol. The maximum Gasteiger partial charge on any atom is 0.326 e. The molecule has 0 aliphatic carbocycles. The van der Waals surface area contributed by atoms with Gasteiger partial charge in [0.2, 0.25) is 5.91 Å². The van der Waals surface area contributed by atoms with Crippen LogP contribution < -0.4 is 0 Å². The van der Waals surface area contributed by atoms with Crippen molar-refractivity contribution < 1.29 is 14.4 Å². The van der Waals surface area contributed by atoms with E-state index in [0.29, 0.717) is 13.1 Å². The lowest BCUT2D eigenvalue weighted by Gasteiger charge is -2.39. The zero-order valence-electron chi connectivity index (χ0n) is 12.6. The number of imide groups is 1. The standard InChI is InChI=1S/C15H18N4O3/c1-17-12(14(21)18(2)15(17)22)7-13(20)19-8-10(9-19)11-5-3-4-6-16-11/h3-6,10,12H,7-9H2,1-2H3/t12-/m1/s1. The Labute approximate surface area is 128 Å². The molecule has 0 spiro atoms. The molecule has 1 aromatic rings. The summed E-state index contributed by atoms with van der Waals surface area (Å²) < 4.78 is 0. The van der Waals surface area contributed by atoms with Gasteiger partial charge >= 0.3 is 6.03 Å². The molecule has 2 saturated heterocycles. The van der Waals surface area contributed by atoms with Gasteiger partial charge in [0.25, 0.3) is 5.91 Å². The maximum absolute atomic E-state index is 12.3. The van der Waals surface area contributed by atoms with Crippen LogP contribution in [0.25, 0.3) is 0 Å². The number of likely N-dealkylation sites (N-methyl/N-ethyl adjacent to an activating group) is 2. The summed E-state index contributed by atoms with van der Waals surface area (Å²) in [5.74, 6) is -0.158. The molecule has 7 heteroatoms. The molecule has 3 heterocycles. The minimum atomic E-state index is -0.682. The summed E-state index contributed by atoms with van der Waals surface area (Å²) in [4.78, 5) is 44.3. The molecular weight excluding hydrogens is 284 g/mol. The third-order valence-electron chi connectivity index (χ3n) is 4.38. The first-order valence-electron chi connectivity index (χ1n) is 7.22. The highest BCUT2D eigenvalue weighted by atomic mass is 16.2. The molecule has 2 fully saturated rings. The summed E-state index contributed by atoms with van der Waals surface area (Å²) in [6.45, 7) is 1.23. The van der Waals surface area contributed by atoms with Crippen LogP contribution in [0.15, 0.2) is 24.4 Å². The van der Waals surface area contributed by atoms with E-state index in [4.69, 9.17) is 0 Å². The van der Waals surface area contributed by atoms with Gasteiger partial charge in [-0.1, -0.05) is 6.07 Å². The number of rotatable bonds is 3. The van der Waals surface area contributed by atoms with Gasteiger partial charge in [0.05, 0.1) is 6.42 Å². The fourth-order valence-electron chi connectivity index (χ4n) is 2.86. The number of urea groups is 1. The van der Waals surface area contributed by atoms with Gasteiger partial charge in [-0.15, -0.1) is 0 Å². The summed E-state index contributed by atoms with van der Waals surface area (Å²) in [5, 5.41) is 0. The van der Waals surface area contributed by atoms with E-state index in [0.717, 1.165) is 10.6 Å². The molecule has 0 saturated carbocycles. The number of nitrogens with zero attached hydrogens (tertiary/aromatic N) is 4. The molecular formula is C15H18N4O3. The Morgan fingerprint density at radius 1 is 1.27 bits per heavy atom. The molecule has 22 heavy (non-hydrogen) atoms. The van der Waals surface area contributed by atoms with E-state index >= 15 is 0 Å². The van der Waals surface area contributed by atoms with E-state index in [-0.39, 0.29) is 30.2 Å². The second-order valence-corrected chi connectivity index (χ2v) is 5.76. The van der Waals surface area contributed by atoms with Crippen molar-refractivity contribution in [1.29, 1.82) is 0 Å². The van der Waals surface area contributed by atoms with Gasteiger partial charge < -0.3 is 9.80 Å². The van der Waals surface area contributed by atoms with Crippen molar-refractivity contribution in [2.45, 2.75) is 18.4 Å². The average Bonchev–Trinajstić information content (AvgIpc) is 2.65. The predicted octanol–water partition coefficient (Wildman–Crippen LogP) is 0.290. The summed E-state index contributed by atoms with van der Waals surface area (Å²) in [6.07, 6.45) is 1.79. The molecule has 0 N–H and O–H groups in total. The monoisotopic (exact) mass is 302 g/mol. The van der Waals surface area contributed by atoms with Crippen LogP contribution in [-0.2, 0) is 9.59 Å². The summed E-state index contributed by atoms with van der Waals surface area (Å²) >= 11 is 0.